The normalized spacial score (nSPS) is 10.6. The molecule has 0 aliphatic carbocycles. The van der Waals surface area contributed by atoms with Gasteiger partial charge in [0.15, 0.2) is 0 Å². The van der Waals surface area contributed by atoms with Gasteiger partial charge in [0, 0.05) is 18.9 Å². The van der Waals surface area contributed by atoms with Gasteiger partial charge in [-0.05, 0) is 22.9 Å². The Labute approximate surface area is 110 Å². The highest BCUT2D eigenvalue weighted by atomic mass is 16.5. The van der Waals surface area contributed by atoms with E-state index in [-0.39, 0.29) is 0 Å². The number of fused-ring (bicyclic) bond motifs is 1. The highest BCUT2D eigenvalue weighted by Gasteiger charge is 2.06. The zero-order valence-electron chi connectivity index (χ0n) is 10.3. The van der Waals surface area contributed by atoms with Crippen LogP contribution in [0.2, 0.25) is 0 Å². The summed E-state index contributed by atoms with van der Waals surface area (Å²) in [5, 5.41) is 2.30. The molecule has 19 heavy (non-hydrogen) atoms. The van der Waals surface area contributed by atoms with Gasteiger partial charge >= 0.3 is 0 Å². The van der Waals surface area contributed by atoms with Gasteiger partial charge in [0.2, 0.25) is 5.88 Å². The standard InChI is InChI=1S/C15H13N3O/c16-10-14-15(18-8-7-17-14)19-13-6-5-11-3-1-2-4-12(11)9-13/h1-9H,10,16H2. The molecule has 94 valence electrons. The average Bonchev–Trinajstić information content (AvgIpc) is 2.48. The fourth-order valence-electron chi connectivity index (χ4n) is 1.92. The molecule has 0 saturated heterocycles. The summed E-state index contributed by atoms with van der Waals surface area (Å²) in [5.74, 6) is 1.19. The first kappa shape index (κ1) is 11.6. The molecule has 0 spiro atoms. The fourth-order valence-corrected chi connectivity index (χ4v) is 1.92. The first-order valence-corrected chi connectivity index (χ1v) is 6.03. The van der Waals surface area contributed by atoms with E-state index < -0.39 is 0 Å². The molecule has 0 fully saturated rings. The lowest BCUT2D eigenvalue weighted by atomic mass is 10.1. The molecule has 0 aliphatic rings. The summed E-state index contributed by atoms with van der Waals surface area (Å²) in [6.07, 6.45) is 3.20. The number of nitrogens with two attached hydrogens (primary N) is 1. The third-order valence-corrected chi connectivity index (χ3v) is 2.86. The minimum Gasteiger partial charge on any atom is -0.437 e. The van der Waals surface area contributed by atoms with Gasteiger partial charge in [0.25, 0.3) is 0 Å². The summed E-state index contributed by atoms with van der Waals surface area (Å²) in [6.45, 7) is 0.302. The molecule has 4 nitrogen and oxygen atoms in total. The molecule has 1 heterocycles. The van der Waals surface area contributed by atoms with E-state index in [1.807, 2.05) is 36.4 Å². The summed E-state index contributed by atoms with van der Waals surface area (Å²) < 4.78 is 5.75. The summed E-state index contributed by atoms with van der Waals surface area (Å²) in [5.41, 5.74) is 6.26. The maximum Gasteiger partial charge on any atom is 0.242 e. The maximum atomic E-state index is 5.75. The number of rotatable bonds is 3. The second kappa shape index (κ2) is 5.04. The highest BCUT2D eigenvalue weighted by Crippen LogP contribution is 2.25. The van der Waals surface area contributed by atoms with Crippen molar-refractivity contribution < 1.29 is 4.74 Å². The van der Waals surface area contributed by atoms with Gasteiger partial charge in [-0.1, -0.05) is 30.3 Å². The van der Waals surface area contributed by atoms with Gasteiger partial charge in [-0.3, -0.25) is 4.98 Å². The summed E-state index contributed by atoms with van der Waals surface area (Å²) in [7, 11) is 0. The van der Waals surface area contributed by atoms with E-state index in [1.165, 1.54) is 5.39 Å². The monoisotopic (exact) mass is 251 g/mol. The number of aromatic nitrogens is 2. The lowest BCUT2D eigenvalue weighted by Crippen LogP contribution is -2.03. The zero-order valence-corrected chi connectivity index (χ0v) is 10.3. The Morgan fingerprint density at radius 2 is 1.74 bits per heavy atom. The van der Waals surface area contributed by atoms with Crippen molar-refractivity contribution in [2.45, 2.75) is 6.54 Å². The number of nitrogens with zero attached hydrogens (tertiary/aromatic N) is 2. The lowest BCUT2D eigenvalue weighted by Gasteiger charge is -2.08. The van der Waals surface area contributed by atoms with Gasteiger partial charge < -0.3 is 10.5 Å². The van der Waals surface area contributed by atoms with Crippen LogP contribution in [0, 0.1) is 0 Å². The van der Waals surface area contributed by atoms with Crippen molar-refractivity contribution in [3.63, 3.8) is 0 Å². The molecular formula is C15H13N3O. The van der Waals surface area contributed by atoms with Gasteiger partial charge in [0.1, 0.15) is 11.4 Å². The van der Waals surface area contributed by atoms with Crippen molar-refractivity contribution in [3.05, 3.63) is 60.6 Å². The van der Waals surface area contributed by atoms with Gasteiger partial charge in [0.05, 0.1) is 0 Å². The van der Waals surface area contributed by atoms with Crippen LogP contribution in [-0.4, -0.2) is 9.97 Å². The smallest absolute Gasteiger partial charge is 0.242 e. The average molecular weight is 251 g/mol. The van der Waals surface area contributed by atoms with Crippen molar-refractivity contribution in [1.29, 1.82) is 0 Å². The zero-order chi connectivity index (χ0) is 13.1. The SMILES string of the molecule is NCc1nccnc1Oc1ccc2ccccc2c1. The molecule has 1 aromatic heterocycles. The van der Waals surface area contributed by atoms with E-state index in [4.69, 9.17) is 10.5 Å². The molecule has 3 aromatic rings. The Balaban J connectivity index is 1.96. The first-order chi connectivity index (χ1) is 9.36. The van der Waals surface area contributed by atoms with Gasteiger partial charge in [-0.2, -0.15) is 0 Å². The predicted molar refractivity (Wildman–Crippen MR) is 73.9 cm³/mol. The van der Waals surface area contributed by atoms with Crippen LogP contribution < -0.4 is 10.5 Å². The largest absolute Gasteiger partial charge is 0.437 e. The van der Waals surface area contributed by atoms with Crippen molar-refractivity contribution in [3.8, 4) is 11.6 Å². The molecule has 0 saturated carbocycles. The Hall–Kier alpha value is -2.46. The number of benzene rings is 2. The van der Waals surface area contributed by atoms with E-state index in [2.05, 4.69) is 16.0 Å². The number of ether oxygens (including phenoxy) is 1. The van der Waals surface area contributed by atoms with E-state index in [0.29, 0.717) is 18.1 Å². The van der Waals surface area contributed by atoms with Gasteiger partial charge in [-0.15, -0.1) is 0 Å². The van der Waals surface area contributed by atoms with Crippen LogP contribution in [0.3, 0.4) is 0 Å². The molecule has 3 rings (SSSR count). The van der Waals surface area contributed by atoms with Crippen LogP contribution in [0.25, 0.3) is 10.8 Å². The highest BCUT2D eigenvalue weighted by molar-refractivity contribution is 5.83. The maximum absolute atomic E-state index is 5.75. The third-order valence-electron chi connectivity index (χ3n) is 2.86. The number of hydrogen-bond donors (Lipinski definition) is 1. The van der Waals surface area contributed by atoms with E-state index in [0.717, 1.165) is 11.1 Å². The molecule has 0 amide bonds. The Bertz CT molecular complexity index is 712. The number of hydrogen-bond acceptors (Lipinski definition) is 4. The minimum absolute atomic E-state index is 0.302. The molecule has 0 radical (unpaired) electrons. The van der Waals surface area contributed by atoms with Crippen LogP contribution in [0.1, 0.15) is 5.69 Å². The lowest BCUT2D eigenvalue weighted by molar-refractivity contribution is 0.453. The minimum atomic E-state index is 0.302. The first-order valence-electron chi connectivity index (χ1n) is 6.03. The van der Waals surface area contributed by atoms with Crippen LogP contribution >= 0.6 is 0 Å². The van der Waals surface area contributed by atoms with E-state index in [1.54, 1.807) is 12.4 Å². The van der Waals surface area contributed by atoms with Crippen LogP contribution in [0.5, 0.6) is 11.6 Å². The van der Waals surface area contributed by atoms with Crippen LogP contribution in [0.15, 0.2) is 54.9 Å². The quantitative estimate of drug-likeness (QED) is 0.777. The Morgan fingerprint density at radius 1 is 0.947 bits per heavy atom. The van der Waals surface area contributed by atoms with Gasteiger partial charge in [-0.25, -0.2) is 4.98 Å². The summed E-state index contributed by atoms with van der Waals surface area (Å²) in [4.78, 5) is 8.30. The molecule has 0 atom stereocenters. The van der Waals surface area contributed by atoms with Crippen molar-refractivity contribution in [1.82, 2.24) is 9.97 Å². The molecule has 0 unspecified atom stereocenters. The molecule has 0 aliphatic heterocycles. The van der Waals surface area contributed by atoms with E-state index >= 15 is 0 Å². The molecule has 2 aromatic carbocycles. The fraction of sp³-hybridized carbons (Fsp3) is 0.0667. The second-order valence-corrected chi connectivity index (χ2v) is 4.12. The Kier molecular flexibility index (Phi) is 3.08. The Morgan fingerprint density at radius 3 is 2.58 bits per heavy atom. The summed E-state index contributed by atoms with van der Waals surface area (Å²) in [6, 6.07) is 14.0. The van der Waals surface area contributed by atoms with E-state index in [9.17, 15) is 0 Å². The topological polar surface area (TPSA) is 61.0 Å². The van der Waals surface area contributed by atoms with Crippen molar-refractivity contribution in [2.75, 3.05) is 0 Å². The second-order valence-electron chi connectivity index (χ2n) is 4.12. The molecular weight excluding hydrogens is 238 g/mol. The van der Waals surface area contributed by atoms with Crippen molar-refractivity contribution in [2.24, 2.45) is 5.73 Å². The molecule has 0 bridgehead atoms. The summed E-state index contributed by atoms with van der Waals surface area (Å²) >= 11 is 0. The van der Waals surface area contributed by atoms with Crippen molar-refractivity contribution >= 4 is 10.8 Å². The van der Waals surface area contributed by atoms with Crippen LogP contribution in [-0.2, 0) is 6.54 Å². The third kappa shape index (κ3) is 2.39. The molecule has 4 heteroatoms. The molecule has 2 N–H and O–H groups in total. The van der Waals surface area contributed by atoms with Crippen LogP contribution in [0.4, 0.5) is 0 Å². The predicted octanol–water partition coefficient (Wildman–Crippen LogP) is 2.88.